The fourth-order valence-corrected chi connectivity index (χ4v) is 3.87. The summed E-state index contributed by atoms with van der Waals surface area (Å²) in [7, 11) is 0. The lowest BCUT2D eigenvalue weighted by Gasteiger charge is -2.16. The maximum absolute atomic E-state index is 12.4. The highest BCUT2D eigenvalue weighted by molar-refractivity contribution is 7.10. The number of hydrogen-bond acceptors (Lipinski definition) is 3. The molecule has 0 radical (unpaired) electrons. The molecular weight excluding hydrogens is 270 g/mol. The SMILES string of the molecule is CC(Cn1ccnc1)NC(=O)c1csc2c1CCCC2. The van der Waals surface area contributed by atoms with Crippen molar-refractivity contribution in [2.75, 3.05) is 0 Å². The van der Waals surface area contributed by atoms with E-state index in [1.807, 2.05) is 23.1 Å². The molecule has 3 rings (SSSR count). The van der Waals surface area contributed by atoms with Crippen molar-refractivity contribution in [2.45, 2.75) is 45.2 Å². The molecule has 1 aliphatic rings. The van der Waals surface area contributed by atoms with Crippen LogP contribution in [-0.2, 0) is 19.4 Å². The van der Waals surface area contributed by atoms with E-state index >= 15 is 0 Å². The van der Waals surface area contributed by atoms with E-state index in [0.717, 1.165) is 24.9 Å². The molecule has 1 amide bonds. The smallest absolute Gasteiger partial charge is 0.252 e. The molecule has 2 aromatic heterocycles. The molecule has 4 nitrogen and oxygen atoms in total. The fraction of sp³-hybridized carbons (Fsp3) is 0.467. The second kappa shape index (κ2) is 5.79. The van der Waals surface area contributed by atoms with Gasteiger partial charge in [0.15, 0.2) is 0 Å². The van der Waals surface area contributed by atoms with Crippen LogP contribution in [0.15, 0.2) is 24.1 Å². The molecular formula is C15H19N3OS. The van der Waals surface area contributed by atoms with Gasteiger partial charge in [0.25, 0.3) is 5.91 Å². The zero-order chi connectivity index (χ0) is 13.9. The van der Waals surface area contributed by atoms with E-state index in [2.05, 4.69) is 10.3 Å². The topological polar surface area (TPSA) is 46.9 Å². The number of amides is 1. The van der Waals surface area contributed by atoms with Gasteiger partial charge in [0.2, 0.25) is 0 Å². The predicted octanol–water partition coefficient (Wildman–Crippen LogP) is 2.64. The summed E-state index contributed by atoms with van der Waals surface area (Å²) in [6.45, 7) is 2.77. The molecule has 1 N–H and O–H groups in total. The molecule has 2 heterocycles. The van der Waals surface area contributed by atoms with Crippen LogP contribution in [0, 0.1) is 0 Å². The number of carbonyl (C=O) groups is 1. The van der Waals surface area contributed by atoms with Crippen LogP contribution in [0.2, 0.25) is 0 Å². The average Bonchev–Trinajstić information content (AvgIpc) is 3.07. The number of aryl methyl sites for hydroxylation is 1. The molecule has 0 spiro atoms. The highest BCUT2D eigenvalue weighted by atomic mass is 32.1. The Morgan fingerprint density at radius 3 is 3.15 bits per heavy atom. The average molecular weight is 289 g/mol. The first-order valence-corrected chi connectivity index (χ1v) is 7.98. The zero-order valence-electron chi connectivity index (χ0n) is 11.6. The Labute approximate surface area is 122 Å². The standard InChI is InChI=1S/C15H19N3OS/c1-11(8-18-7-6-16-10-18)17-15(19)13-9-20-14-5-3-2-4-12(13)14/h6-7,9-11H,2-5,8H2,1H3,(H,17,19). The van der Waals surface area contributed by atoms with Crippen LogP contribution in [0.25, 0.3) is 0 Å². The summed E-state index contributed by atoms with van der Waals surface area (Å²) in [6.07, 6.45) is 10.1. The third kappa shape index (κ3) is 2.77. The van der Waals surface area contributed by atoms with Crippen molar-refractivity contribution < 1.29 is 4.79 Å². The van der Waals surface area contributed by atoms with Gasteiger partial charge in [0.05, 0.1) is 11.9 Å². The molecule has 1 unspecified atom stereocenters. The maximum atomic E-state index is 12.4. The fourth-order valence-electron chi connectivity index (χ4n) is 2.74. The minimum absolute atomic E-state index is 0.0667. The van der Waals surface area contributed by atoms with Crippen molar-refractivity contribution in [1.29, 1.82) is 0 Å². The number of nitrogens with one attached hydrogen (secondary N) is 1. The van der Waals surface area contributed by atoms with E-state index in [1.165, 1.54) is 23.3 Å². The lowest BCUT2D eigenvalue weighted by Crippen LogP contribution is -2.35. The number of imidazole rings is 1. The van der Waals surface area contributed by atoms with Crippen molar-refractivity contribution in [1.82, 2.24) is 14.9 Å². The van der Waals surface area contributed by atoms with Gasteiger partial charge in [-0.2, -0.15) is 0 Å². The number of nitrogens with zero attached hydrogens (tertiary/aromatic N) is 2. The van der Waals surface area contributed by atoms with E-state index in [4.69, 9.17) is 0 Å². The normalized spacial score (nSPS) is 15.7. The summed E-state index contributed by atoms with van der Waals surface area (Å²) >= 11 is 1.74. The summed E-state index contributed by atoms with van der Waals surface area (Å²) in [5, 5.41) is 5.11. The monoisotopic (exact) mass is 289 g/mol. The molecule has 0 aromatic carbocycles. The van der Waals surface area contributed by atoms with E-state index in [-0.39, 0.29) is 11.9 Å². The van der Waals surface area contributed by atoms with E-state index in [1.54, 1.807) is 23.9 Å². The van der Waals surface area contributed by atoms with Gasteiger partial charge in [0.1, 0.15) is 0 Å². The van der Waals surface area contributed by atoms with Gasteiger partial charge in [0, 0.05) is 35.2 Å². The van der Waals surface area contributed by atoms with E-state index in [9.17, 15) is 4.79 Å². The number of fused-ring (bicyclic) bond motifs is 1. The highest BCUT2D eigenvalue weighted by Gasteiger charge is 2.20. The molecule has 20 heavy (non-hydrogen) atoms. The third-order valence-corrected chi connectivity index (χ3v) is 4.82. The summed E-state index contributed by atoms with van der Waals surface area (Å²) in [4.78, 5) is 17.8. The highest BCUT2D eigenvalue weighted by Crippen LogP contribution is 2.30. The Hall–Kier alpha value is -1.62. The Morgan fingerprint density at radius 2 is 2.35 bits per heavy atom. The van der Waals surface area contributed by atoms with Gasteiger partial charge < -0.3 is 9.88 Å². The summed E-state index contributed by atoms with van der Waals surface area (Å²) in [5.41, 5.74) is 2.18. The van der Waals surface area contributed by atoms with Crippen LogP contribution in [0.1, 0.15) is 40.6 Å². The number of carbonyl (C=O) groups excluding carboxylic acids is 1. The number of thiophene rings is 1. The Morgan fingerprint density at radius 1 is 1.50 bits per heavy atom. The number of rotatable bonds is 4. The molecule has 0 saturated carbocycles. The van der Waals surface area contributed by atoms with Crippen LogP contribution >= 0.6 is 11.3 Å². The van der Waals surface area contributed by atoms with Crippen LogP contribution < -0.4 is 5.32 Å². The zero-order valence-corrected chi connectivity index (χ0v) is 12.4. The molecule has 0 fully saturated rings. The van der Waals surface area contributed by atoms with E-state index < -0.39 is 0 Å². The van der Waals surface area contributed by atoms with Gasteiger partial charge in [-0.1, -0.05) is 0 Å². The van der Waals surface area contributed by atoms with Gasteiger partial charge in [-0.25, -0.2) is 4.98 Å². The number of aromatic nitrogens is 2. The third-order valence-electron chi connectivity index (χ3n) is 3.73. The predicted molar refractivity (Wildman–Crippen MR) is 80.1 cm³/mol. The van der Waals surface area contributed by atoms with Crippen LogP contribution in [0.5, 0.6) is 0 Å². The maximum Gasteiger partial charge on any atom is 0.252 e. The lowest BCUT2D eigenvalue weighted by molar-refractivity contribution is 0.0936. The molecule has 2 aromatic rings. The summed E-state index contributed by atoms with van der Waals surface area (Å²) < 4.78 is 1.98. The van der Waals surface area contributed by atoms with Crippen molar-refractivity contribution in [2.24, 2.45) is 0 Å². The van der Waals surface area contributed by atoms with Crippen LogP contribution in [0.3, 0.4) is 0 Å². The quantitative estimate of drug-likeness (QED) is 0.940. The van der Waals surface area contributed by atoms with Crippen molar-refractivity contribution >= 4 is 17.2 Å². The van der Waals surface area contributed by atoms with Gasteiger partial charge in [-0.05, 0) is 38.2 Å². The molecule has 1 aliphatic carbocycles. The van der Waals surface area contributed by atoms with Gasteiger partial charge in [-0.15, -0.1) is 11.3 Å². The Bertz CT molecular complexity index is 588. The largest absolute Gasteiger partial charge is 0.348 e. The molecule has 5 heteroatoms. The summed E-state index contributed by atoms with van der Waals surface area (Å²) in [5.74, 6) is 0.0667. The first-order chi connectivity index (χ1) is 9.74. The Balaban J connectivity index is 1.65. The summed E-state index contributed by atoms with van der Waals surface area (Å²) in [6, 6.07) is 0.0934. The molecule has 0 aliphatic heterocycles. The van der Waals surface area contributed by atoms with Crippen molar-refractivity contribution in [3.05, 3.63) is 40.1 Å². The first-order valence-electron chi connectivity index (χ1n) is 7.10. The molecule has 106 valence electrons. The van der Waals surface area contributed by atoms with Crippen molar-refractivity contribution in [3.8, 4) is 0 Å². The van der Waals surface area contributed by atoms with E-state index in [0.29, 0.717) is 0 Å². The Kier molecular flexibility index (Phi) is 3.87. The van der Waals surface area contributed by atoms with Gasteiger partial charge in [-0.3, -0.25) is 4.79 Å². The second-order valence-electron chi connectivity index (χ2n) is 5.39. The minimum Gasteiger partial charge on any atom is -0.348 e. The first kappa shape index (κ1) is 13.4. The van der Waals surface area contributed by atoms with Gasteiger partial charge >= 0.3 is 0 Å². The molecule has 1 atom stereocenters. The molecule has 0 bridgehead atoms. The molecule has 0 saturated heterocycles. The minimum atomic E-state index is 0.0667. The second-order valence-corrected chi connectivity index (χ2v) is 6.36. The lowest BCUT2D eigenvalue weighted by atomic mass is 9.95. The van der Waals surface area contributed by atoms with Crippen molar-refractivity contribution in [3.63, 3.8) is 0 Å². The van der Waals surface area contributed by atoms with Crippen LogP contribution in [0.4, 0.5) is 0 Å². The number of hydrogen-bond donors (Lipinski definition) is 1. The van der Waals surface area contributed by atoms with Crippen LogP contribution in [-0.4, -0.2) is 21.5 Å².